The fourth-order valence-corrected chi connectivity index (χ4v) is 2.85. The lowest BCUT2D eigenvalue weighted by Crippen LogP contribution is -2.47. The number of nitrogens with one attached hydrogen (secondary N) is 1. The molecule has 0 spiro atoms. The van der Waals surface area contributed by atoms with Crippen LogP contribution in [0.15, 0.2) is 18.2 Å². The third kappa shape index (κ3) is 3.51. The van der Waals surface area contributed by atoms with Gasteiger partial charge in [-0.25, -0.2) is 0 Å². The topological polar surface area (TPSA) is 75.7 Å². The van der Waals surface area contributed by atoms with Gasteiger partial charge in [0.25, 0.3) is 5.91 Å². The normalized spacial score (nSPS) is 18.5. The summed E-state index contributed by atoms with van der Waals surface area (Å²) in [7, 11) is 0. The summed E-state index contributed by atoms with van der Waals surface area (Å²) in [5.41, 5.74) is -0.911. The molecule has 140 valence electrons. The molecule has 0 unspecified atom stereocenters. The molecule has 1 aliphatic carbocycles. The minimum atomic E-state index is -4.57. The molecule has 2 amide bonds. The number of nitrogens with zero attached hydrogens (tertiary/aromatic N) is 1. The number of esters is 1. The molecule has 1 saturated carbocycles. The Kier molecular flexibility index (Phi) is 4.64. The van der Waals surface area contributed by atoms with E-state index >= 15 is 0 Å². The Morgan fingerprint density at radius 2 is 2.00 bits per heavy atom. The summed E-state index contributed by atoms with van der Waals surface area (Å²) in [6.07, 6.45) is -3.34. The van der Waals surface area contributed by atoms with Crippen LogP contribution >= 0.6 is 0 Å². The van der Waals surface area contributed by atoms with Crippen molar-refractivity contribution in [3.8, 4) is 0 Å². The zero-order chi connectivity index (χ0) is 19.1. The second-order valence-electron chi connectivity index (χ2n) is 6.41. The summed E-state index contributed by atoms with van der Waals surface area (Å²) < 4.78 is 43.7. The number of anilines is 2. The van der Waals surface area contributed by atoms with Crippen LogP contribution < -0.4 is 10.2 Å². The molecular weight excluding hydrogens is 353 g/mol. The van der Waals surface area contributed by atoms with Gasteiger partial charge in [-0.3, -0.25) is 19.3 Å². The van der Waals surface area contributed by atoms with Gasteiger partial charge in [0.1, 0.15) is 6.54 Å². The van der Waals surface area contributed by atoms with E-state index in [1.807, 2.05) is 0 Å². The quantitative estimate of drug-likeness (QED) is 0.830. The standard InChI is InChI=1S/C17H17F3N2O4/c1-9(26-16(25)10-3-2-4-10)15(24)22-8-14(23)21-12-7-11(17(18,19)20)5-6-13(12)22/h5-7,9-10H,2-4,8H2,1H3,(H,21,23)/t9-/m1/s1. The van der Waals surface area contributed by atoms with Gasteiger partial charge >= 0.3 is 12.1 Å². The van der Waals surface area contributed by atoms with Crippen LogP contribution in [0.4, 0.5) is 24.5 Å². The van der Waals surface area contributed by atoms with E-state index in [0.717, 1.165) is 42.4 Å². The Morgan fingerprint density at radius 3 is 2.58 bits per heavy atom. The molecule has 1 aromatic rings. The van der Waals surface area contributed by atoms with Crippen LogP contribution in [0.5, 0.6) is 0 Å². The molecule has 1 aromatic carbocycles. The average Bonchev–Trinajstić information content (AvgIpc) is 2.49. The Bertz CT molecular complexity index is 759. The predicted octanol–water partition coefficient (Wildman–Crippen LogP) is 2.72. The van der Waals surface area contributed by atoms with Gasteiger partial charge < -0.3 is 10.1 Å². The van der Waals surface area contributed by atoms with Crippen molar-refractivity contribution in [3.05, 3.63) is 23.8 Å². The Labute approximate surface area is 147 Å². The number of carbonyl (C=O) groups is 3. The first-order valence-corrected chi connectivity index (χ1v) is 8.20. The van der Waals surface area contributed by atoms with Gasteiger partial charge in [0.05, 0.1) is 22.9 Å². The molecule has 0 bridgehead atoms. The number of amides is 2. The lowest BCUT2D eigenvalue weighted by atomic mass is 9.86. The number of hydrogen-bond donors (Lipinski definition) is 1. The number of halogens is 3. The van der Waals surface area contributed by atoms with Crippen LogP contribution in [0.1, 0.15) is 31.7 Å². The number of carbonyl (C=O) groups excluding carboxylic acids is 3. The van der Waals surface area contributed by atoms with E-state index < -0.39 is 35.6 Å². The van der Waals surface area contributed by atoms with E-state index in [0.29, 0.717) is 0 Å². The lowest BCUT2D eigenvalue weighted by Gasteiger charge is -2.32. The average molecular weight is 370 g/mol. The molecule has 26 heavy (non-hydrogen) atoms. The van der Waals surface area contributed by atoms with E-state index in [9.17, 15) is 27.6 Å². The summed E-state index contributed by atoms with van der Waals surface area (Å²) in [4.78, 5) is 37.3. The van der Waals surface area contributed by atoms with Gasteiger partial charge in [0.15, 0.2) is 6.10 Å². The Balaban J connectivity index is 1.81. The van der Waals surface area contributed by atoms with Crippen LogP contribution in [0.2, 0.25) is 0 Å². The third-order valence-electron chi connectivity index (χ3n) is 4.54. The van der Waals surface area contributed by atoms with Crippen LogP contribution in [0.3, 0.4) is 0 Å². The molecule has 0 radical (unpaired) electrons. The van der Waals surface area contributed by atoms with Gasteiger partial charge in [-0.2, -0.15) is 13.2 Å². The van der Waals surface area contributed by atoms with Gasteiger partial charge in [0, 0.05) is 0 Å². The number of rotatable bonds is 3. The van der Waals surface area contributed by atoms with Crippen molar-refractivity contribution in [2.75, 3.05) is 16.8 Å². The molecule has 0 saturated heterocycles. The fraction of sp³-hybridized carbons (Fsp3) is 0.471. The minimum absolute atomic E-state index is 0.109. The van der Waals surface area contributed by atoms with Gasteiger partial charge in [-0.05, 0) is 38.0 Å². The van der Waals surface area contributed by atoms with Crippen molar-refractivity contribution in [1.82, 2.24) is 0 Å². The van der Waals surface area contributed by atoms with Crippen LogP contribution in [0.25, 0.3) is 0 Å². The van der Waals surface area contributed by atoms with Crippen molar-refractivity contribution in [2.45, 2.75) is 38.5 Å². The first kappa shape index (κ1) is 18.2. The fourth-order valence-electron chi connectivity index (χ4n) is 2.85. The predicted molar refractivity (Wildman–Crippen MR) is 85.3 cm³/mol. The van der Waals surface area contributed by atoms with Crippen molar-refractivity contribution in [2.24, 2.45) is 5.92 Å². The van der Waals surface area contributed by atoms with E-state index in [-0.39, 0.29) is 23.8 Å². The minimum Gasteiger partial charge on any atom is -0.452 e. The zero-order valence-corrected chi connectivity index (χ0v) is 13.9. The summed E-state index contributed by atoms with van der Waals surface area (Å²) in [5, 5.41) is 2.33. The summed E-state index contributed by atoms with van der Waals surface area (Å²) in [5.74, 6) is -1.96. The van der Waals surface area contributed by atoms with E-state index in [1.165, 1.54) is 6.92 Å². The van der Waals surface area contributed by atoms with Crippen molar-refractivity contribution < 1.29 is 32.3 Å². The molecule has 0 aromatic heterocycles. The highest BCUT2D eigenvalue weighted by atomic mass is 19.4. The maximum Gasteiger partial charge on any atom is 0.416 e. The first-order chi connectivity index (χ1) is 12.2. The van der Waals surface area contributed by atoms with Gasteiger partial charge in [-0.1, -0.05) is 6.42 Å². The molecule has 2 aliphatic rings. The highest BCUT2D eigenvalue weighted by molar-refractivity contribution is 6.11. The molecule has 1 heterocycles. The monoisotopic (exact) mass is 370 g/mol. The maximum absolute atomic E-state index is 12.8. The van der Waals surface area contributed by atoms with Crippen LogP contribution in [0, 0.1) is 5.92 Å². The largest absolute Gasteiger partial charge is 0.452 e. The van der Waals surface area contributed by atoms with Crippen LogP contribution in [-0.2, 0) is 25.3 Å². The number of benzene rings is 1. The number of fused-ring (bicyclic) bond motifs is 1. The molecule has 1 N–H and O–H groups in total. The highest BCUT2D eigenvalue weighted by Gasteiger charge is 2.36. The van der Waals surface area contributed by atoms with E-state index in [1.54, 1.807) is 0 Å². The molecule has 9 heteroatoms. The molecule has 3 rings (SSSR count). The van der Waals surface area contributed by atoms with E-state index in [4.69, 9.17) is 4.74 Å². The second kappa shape index (κ2) is 6.62. The molecule has 1 aliphatic heterocycles. The van der Waals surface area contributed by atoms with Gasteiger partial charge in [0.2, 0.25) is 5.91 Å². The summed E-state index contributed by atoms with van der Waals surface area (Å²) in [6, 6.07) is 2.73. The van der Waals surface area contributed by atoms with Crippen molar-refractivity contribution in [1.29, 1.82) is 0 Å². The van der Waals surface area contributed by atoms with Crippen molar-refractivity contribution >= 4 is 29.2 Å². The Hall–Kier alpha value is -2.58. The smallest absolute Gasteiger partial charge is 0.416 e. The first-order valence-electron chi connectivity index (χ1n) is 8.20. The van der Waals surface area contributed by atoms with Crippen molar-refractivity contribution in [3.63, 3.8) is 0 Å². The second-order valence-corrected chi connectivity index (χ2v) is 6.41. The Morgan fingerprint density at radius 1 is 1.31 bits per heavy atom. The van der Waals surface area contributed by atoms with Crippen LogP contribution in [-0.4, -0.2) is 30.4 Å². The summed E-state index contributed by atoms with van der Waals surface area (Å²) >= 11 is 0. The van der Waals surface area contributed by atoms with E-state index in [2.05, 4.69) is 5.32 Å². The van der Waals surface area contributed by atoms with Gasteiger partial charge in [-0.15, -0.1) is 0 Å². The SMILES string of the molecule is C[C@@H](OC(=O)C1CCC1)C(=O)N1CC(=O)Nc2cc(C(F)(F)F)ccc21. The zero-order valence-electron chi connectivity index (χ0n) is 13.9. The molecule has 1 atom stereocenters. The third-order valence-corrected chi connectivity index (χ3v) is 4.54. The highest BCUT2D eigenvalue weighted by Crippen LogP contribution is 2.37. The molecule has 1 fully saturated rings. The maximum atomic E-state index is 12.8. The number of ether oxygens (including phenoxy) is 1. The number of alkyl halides is 3. The molecule has 6 nitrogen and oxygen atoms in total. The summed E-state index contributed by atoms with van der Waals surface area (Å²) in [6.45, 7) is 1.03. The number of hydrogen-bond acceptors (Lipinski definition) is 4. The molecular formula is C17H17F3N2O4. The lowest BCUT2D eigenvalue weighted by molar-refractivity contribution is -0.160.